The number of anilines is 2. The first kappa shape index (κ1) is 22.5. The van der Waals surface area contributed by atoms with Gasteiger partial charge in [0.1, 0.15) is 6.04 Å². The summed E-state index contributed by atoms with van der Waals surface area (Å²) in [5.74, 6) is 0.195. The number of nitrogens with one attached hydrogen (secondary N) is 4. The first-order valence-corrected chi connectivity index (χ1v) is 10.3. The molecule has 0 spiro atoms. The predicted molar refractivity (Wildman–Crippen MR) is 118 cm³/mol. The Morgan fingerprint density at radius 2 is 2.03 bits per heavy atom. The number of ether oxygens (including phenoxy) is 1. The van der Waals surface area contributed by atoms with Crippen molar-refractivity contribution in [3.8, 4) is 0 Å². The first-order chi connectivity index (χ1) is 14.9. The monoisotopic (exact) mass is 431 g/mol. The van der Waals surface area contributed by atoms with Gasteiger partial charge in [0.2, 0.25) is 11.9 Å². The molecule has 0 saturated carbocycles. The van der Waals surface area contributed by atoms with Crippen LogP contribution in [0.3, 0.4) is 0 Å². The Morgan fingerprint density at radius 1 is 1.29 bits per heavy atom. The van der Waals surface area contributed by atoms with E-state index in [9.17, 15) is 14.4 Å². The van der Waals surface area contributed by atoms with Gasteiger partial charge in [-0.15, -0.1) is 0 Å². The molecule has 1 aromatic heterocycles. The van der Waals surface area contributed by atoms with Gasteiger partial charge in [0, 0.05) is 38.4 Å². The van der Waals surface area contributed by atoms with E-state index in [4.69, 9.17) is 10.5 Å². The van der Waals surface area contributed by atoms with E-state index in [0.29, 0.717) is 22.5 Å². The van der Waals surface area contributed by atoms with E-state index >= 15 is 0 Å². The van der Waals surface area contributed by atoms with Crippen molar-refractivity contribution in [2.24, 2.45) is 11.7 Å². The molecule has 1 aliphatic rings. The van der Waals surface area contributed by atoms with Gasteiger partial charge in [-0.2, -0.15) is 0 Å². The number of piperazine rings is 1. The highest BCUT2D eigenvalue weighted by molar-refractivity contribution is 5.98. The van der Waals surface area contributed by atoms with Crippen LogP contribution in [0.1, 0.15) is 13.8 Å². The van der Waals surface area contributed by atoms with Crippen LogP contribution in [0.4, 0.5) is 16.4 Å². The van der Waals surface area contributed by atoms with Crippen molar-refractivity contribution in [1.29, 1.82) is 0 Å². The summed E-state index contributed by atoms with van der Waals surface area (Å²) in [6, 6.07) is 3.90. The number of alkyl carbamates (subject to hydrolysis) is 1. The third-order valence-corrected chi connectivity index (χ3v) is 4.77. The van der Waals surface area contributed by atoms with Gasteiger partial charge in [-0.25, -0.2) is 9.78 Å². The second-order valence-electron chi connectivity index (χ2n) is 7.77. The molecule has 2 amide bonds. The van der Waals surface area contributed by atoms with Crippen LogP contribution in [0.15, 0.2) is 23.0 Å². The minimum absolute atomic E-state index is 0.105. The second-order valence-corrected chi connectivity index (χ2v) is 7.77. The molecule has 1 aliphatic heterocycles. The first-order valence-electron chi connectivity index (χ1n) is 10.3. The molecule has 0 unspecified atom stereocenters. The summed E-state index contributed by atoms with van der Waals surface area (Å²) in [6.45, 7) is 7.12. The van der Waals surface area contributed by atoms with Gasteiger partial charge in [0.05, 0.1) is 17.5 Å². The minimum Gasteiger partial charge on any atom is -0.449 e. The number of carbonyl (C=O) groups excluding carboxylic acids is 2. The number of benzene rings is 1. The van der Waals surface area contributed by atoms with Gasteiger partial charge in [-0.05, 0) is 24.1 Å². The molecule has 1 saturated heterocycles. The number of rotatable bonds is 7. The van der Waals surface area contributed by atoms with Crippen molar-refractivity contribution < 1.29 is 14.3 Å². The molecule has 11 heteroatoms. The fourth-order valence-electron chi connectivity index (χ4n) is 3.12. The number of amides is 2. The van der Waals surface area contributed by atoms with Gasteiger partial charge >= 0.3 is 6.09 Å². The standard InChI is InChI=1S/C20H29N7O4/c1-12(2)11-31-20(30)25-16(10-21)18(29)23-13-3-4-15-14(9-13)17(28)26-19(24-15)27-7-5-22-6-8-27/h3-4,9,12,16,22H,5-8,10-11,21H2,1-2H3,(H,23,29)(H,25,30)(H,24,26,28)/t16-/m0/s1. The minimum atomic E-state index is -0.971. The maximum Gasteiger partial charge on any atom is 0.407 e. The molecule has 2 aromatic rings. The number of aromatic amines is 1. The zero-order valence-corrected chi connectivity index (χ0v) is 17.7. The van der Waals surface area contributed by atoms with Crippen molar-refractivity contribution in [2.45, 2.75) is 19.9 Å². The molecule has 0 radical (unpaired) electrons. The second kappa shape index (κ2) is 10.2. The summed E-state index contributed by atoms with van der Waals surface area (Å²) < 4.78 is 5.02. The van der Waals surface area contributed by atoms with E-state index in [2.05, 4.69) is 25.9 Å². The van der Waals surface area contributed by atoms with Crippen molar-refractivity contribution >= 4 is 34.5 Å². The average molecular weight is 431 g/mol. The van der Waals surface area contributed by atoms with Gasteiger partial charge in [0.15, 0.2) is 0 Å². The number of hydrogen-bond acceptors (Lipinski definition) is 8. The van der Waals surface area contributed by atoms with Crippen LogP contribution in [0.5, 0.6) is 0 Å². The lowest BCUT2D eigenvalue weighted by atomic mass is 10.2. The van der Waals surface area contributed by atoms with Crippen LogP contribution in [0.2, 0.25) is 0 Å². The number of aromatic nitrogens is 2. The molecule has 0 aliphatic carbocycles. The molecule has 11 nitrogen and oxygen atoms in total. The molecule has 2 heterocycles. The fraction of sp³-hybridized carbons (Fsp3) is 0.500. The third kappa shape index (κ3) is 5.92. The van der Waals surface area contributed by atoms with E-state index in [-0.39, 0.29) is 24.6 Å². The van der Waals surface area contributed by atoms with Crippen LogP contribution in [-0.4, -0.2) is 67.3 Å². The van der Waals surface area contributed by atoms with Crippen molar-refractivity contribution in [3.05, 3.63) is 28.6 Å². The van der Waals surface area contributed by atoms with Crippen molar-refractivity contribution in [1.82, 2.24) is 20.6 Å². The lowest BCUT2D eigenvalue weighted by Crippen LogP contribution is -2.48. The zero-order valence-electron chi connectivity index (χ0n) is 17.7. The highest BCUT2D eigenvalue weighted by Crippen LogP contribution is 2.17. The lowest BCUT2D eigenvalue weighted by molar-refractivity contribution is -0.117. The highest BCUT2D eigenvalue weighted by atomic mass is 16.5. The van der Waals surface area contributed by atoms with Gasteiger partial charge < -0.3 is 31.3 Å². The quantitative estimate of drug-likeness (QED) is 0.410. The molecule has 168 valence electrons. The maximum atomic E-state index is 12.6. The Kier molecular flexibility index (Phi) is 7.42. The molecule has 31 heavy (non-hydrogen) atoms. The summed E-state index contributed by atoms with van der Waals surface area (Å²) in [5.41, 5.74) is 6.26. The normalized spacial score (nSPS) is 15.0. The SMILES string of the molecule is CC(C)COC(=O)N[C@@H](CN)C(=O)Nc1ccc2nc(N3CCNCC3)[nH]c(=O)c2c1. The third-order valence-electron chi connectivity index (χ3n) is 4.77. The Morgan fingerprint density at radius 3 is 2.71 bits per heavy atom. The van der Waals surface area contributed by atoms with Gasteiger partial charge in [-0.3, -0.25) is 14.6 Å². The van der Waals surface area contributed by atoms with E-state index in [0.717, 1.165) is 26.2 Å². The summed E-state index contributed by atoms with van der Waals surface area (Å²) in [7, 11) is 0. The largest absolute Gasteiger partial charge is 0.449 e. The molecular weight excluding hydrogens is 402 g/mol. The zero-order chi connectivity index (χ0) is 22.4. The van der Waals surface area contributed by atoms with Crippen LogP contribution < -0.4 is 32.1 Å². The fourth-order valence-corrected chi connectivity index (χ4v) is 3.12. The van der Waals surface area contributed by atoms with Gasteiger partial charge in [0.25, 0.3) is 5.56 Å². The summed E-state index contributed by atoms with van der Waals surface area (Å²) in [6.07, 6.45) is -0.709. The molecule has 3 rings (SSSR count). The summed E-state index contributed by atoms with van der Waals surface area (Å²) in [5, 5.41) is 8.72. The number of fused-ring (bicyclic) bond motifs is 1. The van der Waals surface area contributed by atoms with E-state index < -0.39 is 18.0 Å². The number of nitrogens with two attached hydrogens (primary N) is 1. The van der Waals surface area contributed by atoms with E-state index in [1.165, 1.54) is 0 Å². The number of H-pyrrole nitrogens is 1. The molecule has 0 bridgehead atoms. The van der Waals surface area contributed by atoms with E-state index in [1.807, 2.05) is 18.7 Å². The van der Waals surface area contributed by atoms with Crippen LogP contribution in [0, 0.1) is 5.92 Å². The predicted octanol–water partition coefficient (Wildman–Crippen LogP) is -0.0193. The Labute approximate surface area is 179 Å². The summed E-state index contributed by atoms with van der Waals surface area (Å²) >= 11 is 0. The molecule has 1 aromatic carbocycles. The molecule has 1 atom stereocenters. The molecule has 6 N–H and O–H groups in total. The summed E-state index contributed by atoms with van der Waals surface area (Å²) in [4.78, 5) is 46.3. The van der Waals surface area contributed by atoms with Crippen molar-refractivity contribution in [2.75, 3.05) is 49.5 Å². The topological polar surface area (TPSA) is 154 Å². The lowest BCUT2D eigenvalue weighted by Gasteiger charge is -2.27. The average Bonchev–Trinajstić information content (AvgIpc) is 2.76. The van der Waals surface area contributed by atoms with Crippen LogP contribution in [-0.2, 0) is 9.53 Å². The smallest absolute Gasteiger partial charge is 0.407 e. The molecular formula is C20H29N7O4. The number of nitrogens with zero attached hydrogens (tertiary/aromatic N) is 2. The maximum absolute atomic E-state index is 12.6. The Bertz CT molecular complexity index is 985. The highest BCUT2D eigenvalue weighted by Gasteiger charge is 2.21. The molecule has 1 fully saturated rings. The Hall–Kier alpha value is -3.18. The van der Waals surface area contributed by atoms with Crippen molar-refractivity contribution in [3.63, 3.8) is 0 Å². The number of carbonyl (C=O) groups is 2. The van der Waals surface area contributed by atoms with E-state index in [1.54, 1.807) is 18.2 Å². The Balaban J connectivity index is 1.70. The van der Waals surface area contributed by atoms with Crippen LogP contribution in [0.25, 0.3) is 10.9 Å². The van der Waals surface area contributed by atoms with Crippen LogP contribution >= 0.6 is 0 Å². The van der Waals surface area contributed by atoms with Gasteiger partial charge in [-0.1, -0.05) is 13.8 Å². The number of hydrogen-bond donors (Lipinski definition) is 5.